The number of aliphatic carboxylic acids is 2. The molecule has 1 rings (SSSR count). The molecule has 0 spiro atoms. The first-order valence-corrected chi connectivity index (χ1v) is 4.06. The van der Waals surface area contributed by atoms with Gasteiger partial charge in [0.15, 0.2) is 0 Å². The van der Waals surface area contributed by atoms with Crippen LogP contribution in [-0.4, -0.2) is 22.2 Å². The van der Waals surface area contributed by atoms with Crippen LogP contribution in [0.2, 0.25) is 0 Å². The minimum absolute atomic E-state index is 0.00801. The van der Waals surface area contributed by atoms with Crippen molar-refractivity contribution in [3.05, 3.63) is 34.9 Å². The van der Waals surface area contributed by atoms with Crippen molar-refractivity contribution in [3.63, 3.8) is 0 Å². The Labute approximate surface area is 80.9 Å². The lowest BCUT2D eigenvalue weighted by atomic mass is 10.1. The van der Waals surface area contributed by atoms with E-state index in [1.165, 1.54) is 18.2 Å². The molecule has 1 aliphatic rings. The molecule has 0 aromatic carbocycles. The zero-order chi connectivity index (χ0) is 10.7. The van der Waals surface area contributed by atoms with Gasteiger partial charge in [0.2, 0.25) is 0 Å². The largest absolute Gasteiger partial charge is 0.478 e. The summed E-state index contributed by atoms with van der Waals surface area (Å²) in [6.45, 7) is 1.76. The molecule has 0 amide bonds. The second kappa shape index (κ2) is 3.91. The van der Waals surface area contributed by atoms with Gasteiger partial charge in [-0.25, -0.2) is 9.59 Å². The van der Waals surface area contributed by atoms with Gasteiger partial charge in [0, 0.05) is 0 Å². The quantitative estimate of drug-likeness (QED) is 0.695. The molecule has 2 N–H and O–H groups in total. The van der Waals surface area contributed by atoms with Gasteiger partial charge in [-0.3, -0.25) is 0 Å². The van der Waals surface area contributed by atoms with Crippen molar-refractivity contribution in [1.82, 2.24) is 0 Å². The van der Waals surface area contributed by atoms with Crippen LogP contribution in [0.4, 0.5) is 0 Å². The molecule has 74 valence electrons. The van der Waals surface area contributed by atoms with Gasteiger partial charge in [0.1, 0.15) is 0 Å². The van der Waals surface area contributed by atoms with E-state index >= 15 is 0 Å². The fraction of sp³-hybridized carbons (Fsp3) is 0.200. The maximum absolute atomic E-state index is 10.7. The lowest BCUT2D eigenvalue weighted by Gasteiger charge is -1.94. The van der Waals surface area contributed by atoms with Gasteiger partial charge in [0.25, 0.3) is 0 Å². The predicted molar refractivity (Wildman–Crippen MR) is 49.8 cm³/mol. The van der Waals surface area contributed by atoms with Crippen LogP contribution in [0.3, 0.4) is 0 Å². The molecule has 1 aliphatic carbocycles. The number of carboxylic acids is 2. The van der Waals surface area contributed by atoms with Crippen LogP contribution in [0, 0.1) is 0 Å². The van der Waals surface area contributed by atoms with E-state index in [0.717, 1.165) is 5.57 Å². The van der Waals surface area contributed by atoms with Crippen LogP contribution < -0.4 is 0 Å². The lowest BCUT2D eigenvalue weighted by molar-refractivity contribution is -0.132. The van der Waals surface area contributed by atoms with Crippen LogP contribution in [0.1, 0.15) is 13.3 Å². The number of hydrogen-bond acceptors (Lipinski definition) is 2. The van der Waals surface area contributed by atoms with E-state index in [-0.39, 0.29) is 11.1 Å². The molecular weight excluding hydrogens is 184 g/mol. The van der Waals surface area contributed by atoms with Crippen molar-refractivity contribution >= 4 is 11.9 Å². The number of carboxylic acid groups (broad SMARTS) is 2. The second-order valence-electron chi connectivity index (χ2n) is 3.06. The predicted octanol–water partition coefficient (Wildman–Crippen LogP) is 1.36. The summed E-state index contributed by atoms with van der Waals surface area (Å²) in [5.41, 5.74) is 0.860. The lowest BCUT2D eigenvalue weighted by Crippen LogP contribution is -2.02. The number of rotatable bonds is 2. The summed E-state index contributed by atoms with van der Waals surface area (Å²) in [6.07, 6.45) is 4.62. The minimum atomic E-state index is -1.11. The summed E-state index contributed by atoms with van der Waals surface area (Å²) in [6, 6.07) is 0. The third-order valence-electron chi connectivity index (χ3n) is 1.85. The third-order valence-corrected chi connectivity index (χ3v) is 1.85. The standard InChI is InChI=1S/C10H10O4/c1-6-2-3-7(9(11)12)5-8(4-6)10(13)14/h3-5H,2H2,1H3,(H,11,12)(H,13,14). The Hall–Kier alpha value is -1.84. The van der Waals surface area contributed by atoms with Gasteiger partial charge in [-0.15, -0.1) is 0 Å². The van der Waals surface area contributed by atoms with Gasteiger partial charge in [-0.2, -0.15) is 0 Å². The van der Waals surface area contributed by atoms with Crippen molar-refractivity contribution in [2.45, 2.75) is 13.3 Å². The summed E-state index contributed by atoms with van der Waals surface area (Å²) in [5, 5.41) is 17.5. The molecule has 0 fully saturated rings. The monoisotopic (exact) mass is 194 g/mol. The molecular formula is C10H10O4. The summed E-state index contributed by atoms with van der Waals surface area (Å²) < 4.78 is 0. The SMILES string of the molecule is CC1=CC(C(=O)O)=CC(C(=O)O)=CC1. The molecule has 4 nitrogen and oxygen atoms in total. The van der Waals surface area contributed by atoms with Gasteiger partial charge in [-0.1, -0.05) is 11.6 Å². The van der Waals surface area contributed by atoms with Crippen molar-refractivity contribution in [3.8, 4) is 0 Å². The summed E-state index contributed by atoms with van der Waals surface area (Å²) >= 11 is 0. The minimum Gasteiger partial charge on any atom is -0.478 e. The average molecular weight is 194 g/mol. The second-order valence-corrected chi connectivity index (χ2v) is 3.06. The normalized spacial score (nSPS) is 16.2. The van der Waals surface area contributed by atoms with Gasteiger partial charge < -0.3 is 10.2 Å². The first-order chi connectivity index (χ1) is 6.50. The van der Waals surface area contributed by atoms with Crippen LogP contribution in [0.5, 0.6) is 0 Å². The molecule has 0 aliphatic heterocycles. The Morgan fingerprint density at radius 1 is 1.14 bits per heavy atom. The number of hydrogen-bond donors (Lipinski definition) is 2. The van der Waals surface area contributed by atoms with E-state index in [9.17, 15) is 9.59 Å². The summed E-state index contributed by atoms with van der Waals surface area (Å²) in [7, 11) is 0. The first kappa shape index (κ1) is 10.2. The highest BCUT2D eigenvalue weighted by Crippen LogP contribution is 2.16. The Morgan fingerprint density at radius 3 is 2.21 bits per heavy atom. The highest BCUT2D eigenvalue weighted by Gasteiger charge is 2.12. The van der Waals surface area contributed by atoms with E-state index in [2.05, 4.69) is 0 Å². The number of carbonyl (C=O) groups is 2. The first-order valence-electron chi connectivity index (χ1n) is 4.06. The zero-order valence-corrected chi connectivity index (χ0v) is 7.65. The van der Waals surface area contributed by atoms with E-state index < -0.39 is 11.9 Å². The van der Waals surface area contributed by atoms with Crippen molar-refractivity contribution in [1.29, 1.82) is 0 Å². The average Bonchev–Trinajstić information content (AvgIpc) is 2.26. The van der Waals surface area contributed by atoms with E-state index in [0.29, 0.717) is 6.42 Å². The molecule has 14 heavy (non-hydrogen) atoms. The van der Waals surface area contributed by atoms with Crippen LogP contribution in [-0.2, 0) is 9.59 Å². The van der Waals surface area contributed by atoms with Gasteiger partial charge in [-0.05, 0) is 25.5 Å². The molecule has 0 heterocycles. The maximum atomic E-state index is 10.7. The molecule has 4 heteroatoms. The van der Waals surface area contributed by atoms with Crippen LogP contribution >= 0.6 is 0 Å². The van der Waals surface area contributed by atoms with E-state index in [1.54, 1.807) is 6.92 Å². The Bertz CT molecular complexity index is 372. The van der Waals surface area contributed by atoms with E-state index in [4.69, 9.17) is 10.2 Å². The number of allylic oxidation sites excluding steroid dienone is 2. The molecule has 0 saturated heterocycles. The highest BCUT2D eigenvalue weighted by atomic mass is 16.4. The molecule has 0 radical (unpaired) electrons. The molecule has 0 atom stereocenters. The molecule has 0 saturated carbocycles. The highest BCUT2D eigenvalue weighted by molar-refractivity contribution is 5.96. The van der Waals surface area contributed by atoms with Crippen LogP contribution in [0.15, 0.2) is 34.9 Å². The molecule has 0 aromatic heterocycles. The fourth-order valence-electron chi connectivity index (χ4n) is 1.14. The van der Waals surface area contributed by atoms with Crippen LogP contribution in [0.25, 0.3) is 0 Å². The van der Waals surface area contributed by atoms with E-state index in [1.807, 2.05) is 0 Å². The smallest absolute Gasteiger partial charge is 0.335 e. The third kappa shape index (κ3) is 2.32. The molecule has 0 unspecified atom stereocenters. The Morgan fingerprint density at radius 2 is 1.71 bits per heavy atom. The topological polar surface area (TPSA) is 74.6 Å². The molecule has 0 bridgehead atoms. The zero-order valence-electron chi connectivity index (χ0n) is 7.65. The summed E-state index contributed by atoms with van der Waals surface area (Å²) in [4.78, 5) is 21.3. The van der Waals surface area contributed by atoms with Crippen molar-refractivity contribution in [2.75, 3.05) is 0 Å². The Balaban J connectivity index is 3.12. The summed E-state index contributed by atoms with van der Waals surface area (Å²) in [5.74, 6) is -2.22. The fourth-order valence-corrected chi connectivity index (χ4v) is 1.14. The maximum Gasteiger partial charge on any atom is 0.335 e. The van der Waals surface area contributed by atoms with Gasteiger partial charge >= 0.3 is 11.9 Å². The van der Waals surface area contributed by atoms with Crippen molar-refractivity contribution in [2.24, 2.45) is 0 Å². The van der Waals surface area contributed by atoms with Crippen molar-refractivity contribution < 1.29 is 19.8 Å². The van der Waals surface area contributed by atoms with Gasteiger partial charge in [0.05, 0.1) is 11.1 Å². The molecule has 0 aromatic rings. The Kier molecular flexibility index (Phi) is 2.86.